The molecule has 0 heterocycles. The molecule has 0 saturated heterocycles. The van der Waals surface area contributed by atoms with Crippen molar-refractivity contribution < 1.29 is 0 Å². The standard InChI is InChI=1S/C58H41N/c1-58(47-19-3-2-4-20-47)53-25-11-9-23-52(53)57-51(24-14-26-54(57)58)50-22-10-12-27-56(50)59(55-28-13-18-44-16-7-8-21-49(44)55)48-37-35-42(36-38-48)41-29-31-43(32-30-41)46-34-33-40-15-5-6-17-45(40)39-46/h2-39H,1H3. The summed E-state index contributed by atoms with van der Waals surface area (Å²) in [6, 6.07) is 84.5. The lowest BCUT2D eigenvalue weighted by Gasteiger charge is -2.30. The molecule has 1 heteroatoms. The summed E-state index contributed by atoms with van der Waals surface area (Å²) < 4.78 is 0. The SMILES string of the molecule is CC1(c2ccccc2)c2ccccc2-c2c(-c3ccccc3N(c3ccc(-c4ccc(-c5ccc6ccccc6c5)cc4)cc3)c3cccc4ccccc34)cccc21. The number of nitrogens with zero attached hydrogens (tertiary/aromatic N) is 1. The predicted molar refractivity (Wildman–Crippen MR) is 250 cm³/mol. The van der Waals surface area contributed by atoms with Gasteiger partial charge in [0.15, 0.2) is 0 Å². The van der Waals surface area contributed by atoms with Crippen molar-refractivity contribution in [2.45, 2.75) is 12.3 Å². The highest BCUT2D eigenvalue weighted by Gasteiger charge is 2.42. The summed E-state index contributed by atoms with van der Waals surface area (Å²) in [5.74, 6) is 0. The van der Waals surface area contributed by atoms with Gasteiger partial charge < -0.3 is 4.90 Å². The van der Waals surface area contributed by atoms with Crippen molar-refractivity contribution in [1.29, 1.82) is 0 Å². The van der Waals surface area contributed by atoms with Gasteiger partial charge in [0.2, 0.25) is 0 Å². The Hall–Kier alpha value is -7.48. The van der Waals surface area contributed by atoms with Crippen LogP contribution in [0, 0.1) is 0 Å². The van der Waals surface area contributed by atoms with Crippen LogP contribution < -0.4 is 4.90 Å². The zero-order valence-corrected chi connectivity index (χ0v) is 32.9. The molecule has 0 saturated carbocycles. The number of anilines is 3. The van der Waals surface area contributed by atoms with Crippen molar-refractivity contribution >= 4 is 38.6 Å². The summed E-state index contributed by atoms with van der Waals surface area (Å²) in [6.07, 6.45) is 0. The lowest BCUT2D eigenvalue weighted by Crippen LogP contribution is -2.22. The van der Waals surface area contributed by atoms with E-state index in [1.54, 1.807) is 0 Å². The number of para-hydroxylation sites is 1. The Bertz CT molecular complexity index is 3150. The van der Waals surface area contributed by atoms with E-state index in [1.807, 2.05) is 0 Å². The van der Waals surface area contributed by atoms with Crippen LogP contribution in [0.1, 0.15) is 23.6 Å². The number of hydrogen-bond donors (Lipinski definition) is 0. The van der Waals surface area contributed by atoms with E-state index in [4.69, 9.17) is 0 Å². The molecule has 1 unspecified atom stereocenters. The van der Waals surface area contributed by atoms with Crippen LogP contribution in [0.4, 0.5) is 17.1 Å². The molecule has 0 aromatic heterocycles. The molecule has 0 bridgehead atoms. The normalized spacial score (nSPS) is 14.3. The highest BCUT2D eigenvalue weighted by molar-refractivity contribution is 6.03. The first-order valence-electron chi connectivity index (χ1n) is 20.5. The molecule has 59 heavy (non-hydrogen) atoms. The van der Waals surface area contributed by atoms with Crippen LogP contribution in [0.5, 0.6) is 0 Å². The third kappa shape index (κ3) is 5.77. The van der Waals surface area contributed by atoms with Crippen molar-refractivity contribution in [3.63, 3.8) is 0 Å². The second-order valence-corrected chi connectivity index (χ2v) is 15.8. The number of benzene rings is 10. The van der Waals surface area contributed by atoms with Crippen molar-refractivity contribution in [2.24, 2.45) is 0 Å². The molecular weight excluding hydrogens is 711 g/mol. The summed E-state index contributed by atoms with van der Waals surface area (Å²) in [5, 5.41) is 4.94. The Labute approximate surface area is 346 Å². The van der Waals surface area contributed by atoms with Crippen molar-refractivity contribution in [1.82, 2.24) is 0 Å². The van der Waals surface area contributed by atoms with Gasteiger partial charge in [-0.1, -0.05) is 200 Å². The summed E-state index contributed by atoms with van der Waals surface area (Å²) in [6.45, 7) is 2.39. The Balaban J connectivity index is 1.04. The second kappa shape index (κ2) is 14.2. The van der Waals surface area contributed by atoms with Gasteiger partial charge >= 0.3 is 0 Å². The second-order valence-electron chi connectivity index (χ2n) is 15.8. The molecule has 1 atom stereocenters. The predicted octanol–water partition coefficient (Wildman–Crippen LogP) is 15.8. The Kier molecular flexibility index (Phi) is 8.34. The van der Waals surface area contributed by atoms with Gasteiger partial charge in [0, 0.05) is 22.1 Å². The summed E-state index contributed by atoms with van der Waals surface area (Å²) in [5.41, 5.74) is 16.9. The van der Waals surface area contributed by atoms with Crippen LogP contribution in [0.2, 0.25) is 0 Å². The van der Waals surface area contributed by atoms with Crippen LogP contribution in [0.15, 0.2) is 231 Å². The smallest absolute Gasteiger partial charge is 0.0540 e. The van der Waals surface area contributed by atoms with E-state index in [9.17, 15) is 0 Å². The highest BCUT2D eigenvalue weighted by Crippen LogP contribution is 2.56. The van der Waals surface area contributed by atoms with Gasteiger partial charge in [0.25, 0.3) is 0 Å². The molecule has 0 amide bonds. The average molecular weight is 752 g/mol. The molecule has 10 aromatic rings. The van der Waals surface area contributed by atoms with Crippen LogP contribution in [0.25, 0.3) is 66.1 Å². The molecule has 278 valence electrons. The first-order valence-corrected chi connectivity index (χ1v) is 20.5. The van der Waals surface area contributed by atoms with E-state index in [1.165, 1.54) is 82.7 Å². The van der Waals surface area contributed by atoms with E-state index >= 15 is 0 Å². The maximum absolute atomic E-state index is 2.46. The number of fused-ring (bicyclic) bond motifs is 5. The molecule has 0 fully saturated rings. The van der Waals surface area contributed by atoms with E-state index < -0.39 is 0 Å². The van der Waals surface area contributed by atoms with Crippen LogP contribution in [-0.4, -0.2) is 0 Å². The minimum absolute atomic E-state index is 0.281. The fraction of sp³-hybridized carbons (Fsp3) is 0.0345. The van der Waals surface area contributed by atoms with E-state index in [0.717, 1.165) is 17.1 Å². The monoisotopic (exact) mass is 751 g/mol. The Morgan fingerprint density at radius 2 is 0.864 bits per heavy atom. The fourth-order valence-electron chi connectivity index (χ4n) is 9.58. The van der Waals surface area contributed by atoms with Gasteiger partial charge in [-0.15, -0.1) is 0 Å². The van der Waals surface area contributed by atoms with Crippen molar-refractivity contribution in [3.05, 3.63) is 247 Å². The number of hydrogen-bond acceptors (Lipinski definition) is 1. The van der Waals surface area contributed by atoms with Gasteiger partial charge in [-0.3, -0.25) is 0 Å². The molecule has 0 N–H and O–H groups in total. The van der Waals surface area contributed by atoms with Gasteiger partial charge in [0.1, 0.15) is 0 Å². The van der Waals surface area contributed by atoms with E-state index in [0.29, 0.717) is 0 Å². The molecule has 1 aliphatic rings. The summed E-state index contributed by atoms with van der Waals surface area (Å²) >= 11 is 0. The van der Waals surface area contributed by atoms with Crippen LogP contribution >= 0.6 is 0 Å². The maximum atomic E-state index is 2.46. The highest BCUT2D eigenvalue weighted by atomic mass is 15.1. The molecule has 10 aromatic carbocycles. The average Bonchev–Trinajstić information content (AvgIpc) is 3.58. The zero-order valence-electron chi connectivity index (χ0n) is 32.9. The van der Waals surface area contributed by atoms with Crippen LogP contribution in [0.3, 0.4) is 0 Å². The third-order valence-electron chi connectivity index (χ3n) is 12.6. The molecule has 1 aliphatic carbocycles. The van der Waals surface area contributed by atoms with Crippen molar-refractivity contribution in [2.75, 3.05) is 4.90 Å². The van der Waals surface area contributed by atoms with Crippen molar-refractivity contribution in [3.8, 4) is 44.5 Å². The number of rotatable bonds is 7. The summed E-state index contributed by atoms with van der Waals surface area (Å²) in [7, 11) is 0. The van der Waals surface area contributed by atoms with Crippen LogP contribution in [-0.2, 0) is 5.41 Å². The molecule has 0 spiro atoms. The maximum Gasteiger partial charge on any atom is 0.0540 e. The topological polar surface area (TPSA) is 3.24 Å². The molecule has 0 radical (unpaired) electrons. The molecule has 0 aliphatic heterocycles. The molecular formula is C58H41N. The molecule has 1 nitrogen and oxygen atoms in total. The Morgan fingerprint density at radius 1 is 0.339 bits per heavy atom. The third-order valence-corrected chi connectivity index (χ3v) is 12.6. The minimum Gasteiger partial charge on any atom is -0.309 e. The van der Waals surface area contributed by atoms with E-state index in [-0.39, 0.29) is 5.41 Å². The Morgan fingerprint density at radius 3 is 1.66 bits per heavy atom. The van der Waals surface area contributed by atoms with Gasteiger partial charge in [-0.25, -0.2) is 0 Å². The largest absolute Gasteiger partial charge is 0.309 e. The minimum atomic E-state index is -0.281. The molecule has 11 rings (SSSR count). The van der Waals surface area contributed by atoms with Gasteiger partial charge in [-0.2, -0.15) is 0 Å². The van der Waals surface area contributed by atoms with Gasteiger partial charge in [0.05, 0.1) is 11.4 Å². The van der Waals surface area contributed by atoms with Gasteiger partial charge in [-0.05, 0) is 109 Å². The quantitative estimate of drug-likeness (QED) is 0.157. The lowest BCUT2D eigenvalue weighted by molar-refractivity contribution is 0.714. The zero-order chi connectivity index (χ0) is 39.3. The first-order chi connectivity index (χ1) is 29.1. The first kappa shape index (κ1) is 34.7. The lowest BCUT2D eigenvalue weighted by atomic mass is 9.74. The summed E-state index contributed by atoms with van der Waals surface area (Å²) in [4.78, 5) is 2.46. The van der Waals surface area contributed by atoms with E-state index in [2.05, 4.69) is 242 Å². The fourth-order valence-corrected chi connectivity index (χ4v) is 9.58.